The molecular formula is C18H18N4O3S2. The Morgan fingerprint density at radius 1 is 1.15 bits per heavy atom. The van der Waals surface area contributed by atoms with Crippen molar-refractivity contribution in [2.75, 3.05) is 26.2 Å². The van der Waals surface area contributed by atoms with E-state index in [0.717, 1.165) is 18.0 Å². The number of Topliss-reactive ketones (excluding diaryl/α,β-unsaturated/α-hetero) is 1. The summed E-state index contributed by atoms with van der Waals surface area (Å²) in [6, 6.07) is 7.38. The van der Waals surface area contributed by atoms with Crippen LogP contribution in [0.4, 0.5) is 0 Å². The first-order valence-electron chi connectivity index (χ1n) is 8.59. The van der Waals surface area contributed by atoms with Gasteiger partial charge in [-0.2, -0.15) is 4.98 Å². The van der Waals surface area contributed by atoms with E-state index < -0.39 is 0 Å². The van der Waals surface area contributed by atoms with Gasteiger partial charge in [-0.1, -0.05) is 11.2 Å². The number of carbonyl (C=O) groups excluding carboxylic acids is 2. The van der Waals surface area contributed by atoms with Crippen LogP contribution in [0.3, 0.4) is 0 Å². The van der Waals surface area contributed by atoms with Crippen molar-refractivity contribution in [1.82, 2.24) is 19.9 Å². The fourth-order valence-corrected chi connectivity index (χ4v) is 4.44. The summed E-state index contributed by atoms with van der Waals surface area (Å²) in [5.41, 5.74) is 0. The highest BCUT2D eigenvalue weighted by molar-refractivity contribution is 7.16. The fraction of sp³-hybridized carbons (Fsp3) is 0.333. The molecule has 4 heterocycles. The Balaban J connectivity index is 1.32. The van der Waals surface area contributed by atoms with Crippen molar-refractivity contribution in [2.24, 2.45) is 0 Å². The van der Waals surface area contributed by atoms with E-state index in [9.17, 15) is 9.59 Å². The van der Waals surface area contributed by atoms with E-state index in [1.165, 1.54) is 18.3 Å². The summed E-state index contributed by atoms with van der Waals surface area (Å²) in [6.45, 7) is 4.85. The van der Waals surface area contributed by atoms with Crippen LogP contribution in [-0.4, -0.2) is 57.8 Å². The Bertz CT molecular complexity index is 940. The third-order valence-electron chi connectivity index (χ3n) is 4.39. The Hall–Kier alpha value is -2.36. The topological polar surface area (TPSA) is 79.5 Å². The van der Waals surface area contributed by atoms with Gasteiger partial charge < -0.3 is 9.42 Å². The first-order valence-corrected chi connectivity index (χ1v) is 10.3. The Morgan fingerprint density at radius 2 is 1.93 bits per heavy atom. The predicted molar refractivity (Wildman–Crippen MR) is 103 cm³/mol. The van der Waals surface area contributed by atoms with Crippen LogP contribution >= 0.6 is 22.7 Å². The van der Waals surface area contributed by atoms with Crippen molar-refractivity contribution in [3.8, 4) is 10.7 Å². The summed E-state index contributed by atoms with van der Waals surface area (Å²) < 4.78 is 5.35. The zero-order chi connectivity index (χ0) is 18.8. The maximum Gasteiger partial charge on any atom is 0.264 e. The highest BCUT2D eigenvalue weighted by Gasteiger charge is 2.24. The molecule has 0 radical (unpaired) electrons. The maximum atomic E-state index is 12.6. The Labute approximate surface area is 164 Å². The number of piperazine rings is 1. The minimum atomic E-state index is -0.00933. The number of ketones is 1. The summed E-state index contributed by atoms with van der Waals surface area (Å²) in [5, 5.41) is 6.01. The molecule has 0 aliphatic carbocycles. The standard InChI is InChI=1S/C18H18N4O3S2/c1-12(23)13-4-5-15(27-13)18(24)22-8-6-21(7-9-22)11-16-19-17(20-25-16)14-3-2-10-26-14/h2-5,10H,6-9,11H2,1H3. The van der Waals surface area contributed by atoms with Gasteiger partial charge in [-0.15, -0.1) is 22.7 Å². The average Bonchev–Trinajstić information content (AvgIpc) is 3.42. The average molecular weight is 403 g/mol. The molecule has 1 fully saturated rings. The van der Waals surface area contributed by atoms with Crippen LogP contribution in [0.15, 0.2) is 34.2 Å². The van der Waals surface area contributed by atoms with E-state index in [0.29, 0.717) is 41.1 Å². The normalized spacial score (nSPS) is 15.2. The molecule has 1 saturated heterocycles. The molecule has 7 nitrogen and oxygen atoms in total. The van der Waals surface area contributed by atoms with Crippen LogP contribution < -0.4 is 0 Å². The quantitative estimate of drug-likeness (QED) is 0.611. The maximum absolute atomic E-state index is 12.6. The van der Waals surface area contributed by atoms with Crippen LogP contribution in [-0.2, 0) is 6.54 Å². The second kappa shape index (κ2) is 7.71. The molecule has 0 atom stereocenters. The highest BCUT2D eigenvalue weighted by Crippen LogP contribution is 2.22. The van der Waals surface area contributed by atoms with Crippen LogP contribution in [0.25, 0.3) is 10.7 Å². The zero-order valence-corrected chi connectivity index (χ0v) is 16.4. The third kappa shape index (κ3) is 4.00. The lowest BCUT2D eigenvalue weighted by molar-refractivity contribution is 0.0619. The van der Waals surface area contributed by atoms with Crippen LogP contribution in [0.2, 0.25) is 0 Å². The molecule has 0 N–H and O–H groups in total. The number of aromatic nitrogens is 2. The molecule has 0 aromatic carbocycles. The summed E-state index contributed by atoms with van der Waals surface area (Å²) in [7, 11) is 0. The third-order valence-corrected chi connectivity index (χ3v) is 6.43. The monoisotopic (exact) mass is 402 g/mol. The van der Waals surface area contributed by atoms with E-state index in [2.05, 4.69) is 15.0 Å². The first kappa shape index (κ1) is 18.0. The Kier molecular flexibility index (Phi) is 5.15. The van der Waals surface area contributed by atoms with Crippen molar-refractivity contribution in [3.05, 3.63) is 45.3 Å². The van der Waals surface area contributed by atoms with Gasteiger partial charge in [-0.05, 0) is 30.5 Å². The van der Waals surface area contributed by atoms with Crippen molar-refractivity contribution in [3.63, 3.8) is 0 Å². The molecule has 0 spiro atoms. The number of carbonyl (C=O) groups is 2. The number of amides is 1. The summed E-state index contributed by atoms with van der Waals surface area (Å²) in [4.78, 5) is 34.7. The van der Waals surface area contributed by atoms with Gasteiger partial charge in [-0.3, -0.25) is 14.5 Å². The molecule has 0 unspecified atom stereocenters. The van der Waals surface area contributed by atoms with Gasteiger partial charge in [0.05, 0.1) is 21.2 Å². The van der Waals surface area contributed by atoms with Gasteiger partial charge >= 0.3 is 0 Å². The van der Waals surface area contributed by atoms with Gasteiger partial charge in [-0.25, -0.2) is 0 Å². The van der Waals surface area contributed by atoms with E-state index in [-0.39, 0.29) is 11.7 Å². The molecule has 27 heavy (non-hydrogen) atoms. The van der Waals surface area contributed by atoms with Crippen molar-refractivity contribution < 1.29 is 14.1 Å². The molecule has 4 rings (SSSR count). The van der Waals surface area contributed by atoms with Crippen molar-refractivity contribution in [1.29, 1.82) is 0 Å². The van der Waals surface area contributed by atoms with Crippen LogP contribution in [0.1, 0.15) is 32.2 Å². The Morgan fingerprint density at radius 3 is 2.59 bits per heavy atom. The first-order chi connectivity index (χ1) is 13.1. The molecule has 1 amide bonds. The smallest absolute Gasteiger partial charge is 0.264 e. The zero-order valence-electron chi connectivity index (χ0n) is 14.8. The molecule has 3 aromatic heterocycles. The van der Waals surface area contributed by atoms with Gasteiger partial charge in [0, 0.05) is 26.2 Å². The van der Waals surface area contributed by atoms with E-state index in [4.69, 9.17) is 4.52 Å². The SMILES string of the molecule is CC(=O)c1ccc(C(=O)N2CCN(Cc3nc(-c4cccs4)no3)CC2)s1. The molecule has 9 heteroatoms. The van der Waals surface area contributed by atoms with Gasteiger partial charge in [0.25, 0.3) is 5.91 Å². The van der Waals surface area contributed by atoms with E-state index >= 15 is 0 Å². The molecule has 0 saturated carbocycles. The number of hydrogen-bond acceptors (Lipinski definition) is 8. The lowest BCUT2D eigenvalue weighted by Crippen LogP contribution is -2.48. The van der Waals surface area contributed by atoms with E-state index in [1.807, 2.05) is 22.4 Å². The number of hydrogen-bond donors (Lipinski definition) is 0. The lowest BCUT2D eigenvalue weighted by Gasteiger charge is -2.33. The highest BCUT2D eigenvalue weighted by atomic mass is 32.1. The van der Waals surface area contributed by atoms with Crippen molar-refractivity contribution >= 4 is 34.4 Å². The second-order valence-corrected chi connectivity index (χ2v) is 8.31. The molecule has 0 bridgehead atoms. The number of rotatable bonds is 5. The van der Waals surface area contributed by atoms with E-state index in [1.54, 1.807) is 23.5 Å². The van der Waals surface area contributed by atoms with Crippen LogP contribution in [0.5, 0.6) is 0 Å². The number of nitrogens with zero attached hydrogens (tertiary/aromatic N) is 4. The second-order valence-electron chi connectivity index (χ2n) is 6.28. The van der Waals surface area contributed by atoms with Gasteiger partial charge in [0.1, 0.15) is 0 Å². The summed E-state index contributed by atoms with van der Waals surface area (Å²) in [5.74, 6) is 1.19. The van der Waals surface area contributed by atoms with Gasteiger partial charge in [0.2, 0.25) is 11.7 Å². The van der Waals surface area contributed by atoms with Crippen molar-refractivity contribution in [2.45, 2.75) is 13.5 Å². The van der Waals surface area contributed by atoms with Gasteiger partial charge in [0.15, 0.2) is 5.78 Å². The fourth-order valence-electron chi connectivity index (χ4n) is 2.92. The minimum Gasteiger partial charge on any atom is -0.338 e. The lowest BCUT2D eigenvalue weighted by atomic mass is 10.3. The summed E-state index contributed by atoms with van der Waals surface area (Å²) >= 11 is 2.84. The molecule has 1 aliphatic heterocycles. The largest absolute Gasteiger partial charge is 0.338 e. The predicted octanol–water partition coefficient (Wildman–Crippen LogP) is 3.02. The minimum absolute atomic E-state index is 0.00894. The molecular weight excluding hydrogens is 384 g/mol. The summed E-state index contributed by atoms with van der Waals surface area (Å²) in [6.07, 6.45) is 0. The molecule has 140 valence electrons. The molecule has 3 aromatic rings. The van der Waals surface area contributed by atoms with Crippen LogP contribution in [0, 0.1) is 0 Å². The molecule has 1 aliphatic rings. The number of thiophene rings is 2.